The molecule has 2 aliphatic rings. The Labute approximate surface area is 256 Å². The van der Waals surface area contributed by atoms with Gasteiger partial charge in [0, 0.05) is 37.9 Å². The van der Waals surface area contributed by atoms with Crippen molar-refractivity contribution in [3.8, 4) is 35.0 Å². The van der Waals surface area contributed by atoms with Gasteiger partial charge in [0.2, 0.25) is 5.88 Å². The molecule has 8 heteroatoms. The molecule has 0 atom stereocenters. The van der Waals surface area contributed by atoms with Crippen LogP contribution < -0.4 is 14.2 Å². The average molecular weight is 588 g/mol. The van der Waals surface area contributed by atoms with Crippen LogP contribution in [0.25, 0.3) is 10.9 Å². The third-order valence-corrected chi connectivity index (χ3v) is 8.38. The molecule has 43 heavy (non-hydrogen) atoms. The standard InChI is InChI=1S/C35H45N3O5/c1-39-19-21-41-33-24-31-32(25-34(33)42-22-20-40-2)36-26-37-35(31)43-30-17-9-11-27(23-30)12-10-18-38(28-13-5-3-6-14-28)29-15-7-4-8-16-29/h9,11,17,23-26,28-29H,3-8,13-16,18-22H2,1-2H3. The number of benzene rings is 2. The van der Waals surface area contributed by atoms with Gasteiger partial charge >= 0.3 is 0 Å². The number of hydrogen-bond donors (Lipinski definition) is 0. The number of aromatic nitrogens is 2. The Morgan fingerprint density at radius 3 is 2.07 bits per heavy atom. The van der Waals surface area contributed by atoms with E-state index in [1.165, 1.54) is 70.5 Å². The Morgan fingerprint density at radius 1 is 0.767 bits per heavy atom. The van der Waals surface area contributed by atoms with Gasteiger partial charge in [-0.2, -0.15) is 0 Å². The van der Waals surface area contributed by atoms with E-state index < -0.39 is 0 Å². The number of ether oxygens (including phenoxy) is 5. The lowest BCUT2D eigenvalue weighted by Crippen LogP contribution is -2.45. The van der Waals surface area contributed by atoms with Crippen LogP contribution in [0.2, 0.25) is 0 Å². The molecule has 0 amide bonds. The molecule has 0 spiro atoms. The molecular weight excluding hydrogens is 542 g/mol. The lowest BCUT2D eigenvalue weighted by molar-refractivity contribution is 0.0961. The second-order valence-corrected chi connectivity index (χ2v) is 11.4. The largest absolute Gasteiger partial charge is 0.487 e. The highest BCUT2D eigenvalue weighted by molar-refractivity contribution is 5.87. The Hall–Kier alpha value is -3.38. The van der Waals surface area contributed by atoms with Gasteiger partial charge in [-0.3, -0.25) is 4.90 Å². The predicted molar refractivity (Wildman–Crippen MR) is 168 cm³/mol. The van der Waals surface area contributed by atoms with Crippen molar-refractivity contribution in [2.75, 3.05) is 47.2 Å². The van der Waals surface area contributed by atoms with E-state index in [1.54, 1.807) is 14.2 Å². The monoisotopic (exact) mass is 587 g/mol. The van der Waals surface area contributed by atoms with Crippen LogP contribution in [0.1, 0.15) is 69.8 Å². The van der Waals surface area contributed by atoms with Gasteiger partial charge in [0.15, 0.2) is 11.5 Å². The fourth-order valence-electron chi connectivity index (χ4n) is 6.18. The van der Waals surface area contributed by atoms with Crippen molar-refractivity contribution >= 4 is 10.9 Å². The van der Waals surface area contributed by atoms with Crippen LogP contribution in [0.4, 0.5) is 0 Å². The highest BCUT2D eigenvalue weighted by atomic mass is 16.5. The second kappa shape index (κ2) is 16.5. The number of nitrogens with zero attached hydrogens (tertiary/aromatic N) is 3. The van der Waals surface area contributed by atoms with Crippen LogP contribution in [0.3, 0.4) is 0 Å². The molecule has 2 aliphatic carbocycles. The van der Waals surface area contributed by atoms with Crippen LogP contribution in [-0.4, -0.2) is 74.1 Å². The molecule has 3 aromatic rings. The zero-order valence-corrected chi connectivity index (χ0v) is 25.7. The Kier molecular flexibility index (Phi) is 11.9. The molecule has 5 rings (SSSR count). The van der Waals surface area contributed by atoms with Gasteiger partial charge in [-0.05, 0) is 49.9 Å². The van der Waals surface area contributed by atoms with E-state index in [9.17, 15) is 0 Å². The highest BCUT2D eigenvalue weighted by Crippen LogP contribution is 2.36. The first-order valence-corrected chi connectivity index (χ1v) is 15.8. The summed E-state index contributed by atoms with van der Waals surface area (Å²) in [4.78, 5) is 11.6. The van der Waals surface area contributed by atoms with Crippen molar-refractivity contribution in [3.05, 3.63) is 48.3 Å². The average Bonchev–Trinajstić information content (AvgIpc) is 3.05. The fraction of sp³-hybridized carbons (Fsp3) is 0.543. The summed E-state index contributed by atoms with van der Waals surface area (Å²) in [6, 6.07) is 13.0. The number of fused-ring (bicyclic) bond motifs is 1. The second-order valence-electron chi connectivity index (χ2n) is 11.4. The molecule has 0 saturated heterocycles. The maximum atomic E-state index is 6.30. The lowest BCUT2D eigenvalue weighted by atomic mass is 9.88. The molecule has 0 aliphatic heterocycles. The van der Waals surface area contributed by atoms with Gasteiger partial charge in [0.05, 0.1) is 30.7 Å². The van der Waals surface area contributed by atoms with Crippen molar-refractivity contribution in [1.29, 1.82) is 0 Å². The SMILES string of the molecule is COCCOc1cc2ncnc(Oc3cccc(C#CCN(C4CCCCC4)C4CCCCC4)c3)c2cc1OCCOC. The molecule has 0 unspecified atom stereocenters. The minimum Gasteiger partial charge on any atom is -0.487 e. The van der Waals surface area contributed by atoms with Crippen LogP contribution in [0.15, 0.2) is 42.7 Å². The molecule has 0 radical (unpaired) electrons. The summed E-state index contributed by atoms with van der Waals surface area (Å²) >= 11 is 0. The number of rotatable bonds is 13. The topological polar surface area (TPSA) is 75.2 Å². The molecule has 230 valence electrons. The first-order valence-electron chi connectivity index (χ1n) is 15.8. The fourth-order valence-corrected chi connectivity index (χ4v) is 6.18. The predicted octanol–water partition coefficient (Wildman–Crippen LogP) is 6.79. The summed E-state index contributed by atoms with van der Waals surface area (Å²) in [7, 11) is 3.28. The molecule has 2 saturated carbocycles. The molecule has 1 aromatic heterocycles. The minimum absolute atomic E-state index is 0.381. The van der Waals surface area contributed by atoms with Crippen LogP contribution >= 0.6 is 0 Å². The van der Waals surface area contributed by atoms with E-state index in [2.05, 4.69) is 26.7 Å². The number of hydrogen-bond acceptors (Lipinski definition) is 8. The third-order valence-electron chi connectivity index (χ3n) is 8.38. The van der Waals surface area contributed by atoms with Crippen LogP contribution in [-0.2, 0) is 9.47 Å². The summed E-state index contributed by atoms with van der Waals surface area (Å²) in [5, 5.41) is 0.723. The van der Waals surface area contributed by atoms with Crippen LogP contribution in [0, 0.1) is 11.8 Å². The molecule has 8 nitrogen and oxygen atoms in total. The molecule has 2 fully saturated rings. The minimum atomic E-state index is 0.381. The summed E-state index contributed by atoms with van der Waals surface area (Å²) in [5.74, 6) is 9.21. The van der Waals surface area contributed by atoms with Crippen LogP contribution in [0.5, 0.6) is 23.1 Å². The highest BCUT2D eigenvalue weighted by Gasteiger charge is 2.28. The zero-order chi connectivity index (χ0) is 29.7. The van der Waals surface area contributed by atoms with Gasteiger partial charge in [-0.25, -0.2) is 9.97 Å². The van der Waals surface area contributed by atoms with Crippen molar-refractivity contribution in [3.63, 3.8) is 0 Å². The maximum Gasteiger partial charge on any atom is 0.230 e. The third kappa shape index (κ3) is 8.82. The smallest absolute Gasteiger partial charge is 0.230 e. The van der Waals surface area contributed by atoms with E-state index in [1.807, 2.05) is 36.4 Å². The summed E-state index contributed by atoms with van der Waals surface area (Å²) in [5.41, 5.74) is 1.62. The van der Waals surface area contributed by atoms with Gasteiger partial charge < -0.3 is 23.7 Å². The Bertz CT molecular complexity index is 1340. The van der Waals surface area contributed by atoms with Gasteiger partial charge in [0.25, 0.3) is 0 Å². The van der Waals surface area contributed by atoms with Crippen molar-refractivity contribution in [2.24, 2.45) is 0 Å². The lowest BCUT2D eigenvalue weighted by Gasteiger charge is -2.40. The summed E-state index contributed by atoms with van der Waals surface area (Å²) in [6.07, 6.45) is 14.9. The first kappa shape index (κ1) is 31.1. The van der Waals surface area contributed by atoms with Crippen molar-refractivity contribution in [2.45, 2.75) is 76.3 Å². The molecule has 2 aromatic carbocycles. The maximum absolute atomic E-state index is 6.30. The quantitative estimate of drug-likeness (QED) is 0.160. The normalized spacial score (nSPS) is 16.2. The van der Waals surface area contributed by atoms with E-state index in [0.29, 0.717) is 67.2 Å². The zero-order valence-electron chi connectivity index (χ0n) is 25.7. The Morgan fingerprint density at radius 2 is 1.42 bits per heavy atom. The molecular formula is C35H45N3O5. The summed E-state index contributed by atoms with van der Waals surface area (Å²) < 4.78 is 28.5. The van der Waals surface area contributed by atoms with Gasteiger partial charge in [-0.15, -0.1) is 0 Å². The Balaban J connectivity index is 1.32. The van der Waals surface area contributed by atoms with Gasteiger partial charge in [0.1, 0.15) is 25.3 Å². The van der Waals surface area contributed by atoms with Crippen molar-refractivity contribution < 1.29 is 23.7 Å². The van der Waals surface area contributed by atoms with E-state index in [0.717, 1.165) is 17.5 Å². The van der Waals surface area contributed by atoms with E-state index in [-0.39, 0.29) is 0 Å². The van der Waals surface area contributed by atoms with Gasteiger partial charge in [-0.1, -0.05) is 56.4 Å². The van der Waals surface area contributed by atoms with E-state index in [4.69, 9.17) is 23.7 Å². The number of methoxy groups -OCH3 is 2. The van der Waals surface area contributed by atoms with Crippen molar-refractivity contribution in [1.82, 2.24) is 14.9 Å². The molecule has 0 N–H and O–H groups in total. The molecule has 0 bridgehead atoms. The summed E-state index contributed by atoms with van der Waals surface area (Å²) in [6.45, 7) is 2.52. The first-order chi connectivity index (χ1) is 21.2. The van der Waals surface area contributed by atoms with E-state index >= 15 is 0 Å². The molecule has 1 heterocycles.